The topological polar surface area (TPSA) is 73.4 Å². The van der Waals surface area contributed by atoms with Gasteiger partial charge >= 0.3 is 5.97 Å². The van der Waals surface area contributed by atoms with Gasteiger partial charge in [-0.3, -0.25) is 0 Å². The lowest BCUT2D eigenvalue weighted by atomic mass is 10.0. The lowest BCUT2D eigenvalue weighted by Crippen LogP contribution is -2.40. The van der Waals surface area contributed by atoms with Crippen LogP contribution < -0.4 is 10.0 Å². The van der Waals surface area contributed by atoms with Crippen molar-refractivity contribution in [1.82, 2.24) is 4.72 Å². The number of rotatable bonds is 7. The Morgan fingerprint density at radius 1 is 1.35 bits per heavy atom. The molecule has 1 aromatic rings. The van der Waals surface area contributed by atoms with Gasteiger partial charge in [0.15, 0.2) is 0 Å². The van der Waals surface area contributed by atoms with E-state index in [1.807, 2.05) is 46.8 Å². The van der Waals surface area contributed by atoms with Crippen molar-refractivity contribution in [2.45, 2.75) is 52.3 Å². The van der Waals surface area contributed by atoms with Crippen LogP contribution in [0.4, 0.5) is 5.69 Å². The van der Waals surface area contributed by atoms with Crippen LogP contribution >= 0.6 is 0 Å². The van der Waals surface area contributed by atoms with Gasteiger partial charge in [0.25, 0.3) is 0 Å². The molecular formula is C17H28N2O3S. The second-order valence-electron chi connectivity index (χ2n) is 6.28. The third kappa shape index (κ3) is 5.71. The zero-order chi connectivity index (χ0) is 17.6. The maximum Gasteiger partial charge on any atom is 0.340 e. The number of hydrogen-bond donors (Lipinski definition) is 2. The molecule has 0 spiro atoms. The fourth-order valence-corrected chi connectivity index (χ4v) is 2.77. The van der Waals surface area contributed by atoms with E-state index in [0.717, 1.165) is 11.3 Å². The fourth-order valence-electron chi connectivity index (χ4n) is 1.96. The summed E-state index contributed by atoms with van der Waals surface area (Å²) >= 11 is -1.18. The van der Waals surface area contributed by atoms with Gasteiger partial charge in [-0.05, 0) is 59.2 Å². The molecule has 0 bridgehead atoms. The molecule has 0 aliphatic carbocycles. The lowest BCUT2D eigenvalue weighted by Gasteiger charge is -2.26. The maximum atomic E-state index is 12.2. The van der Waals surface area contributed by atoms with Crippen LogP contribution in [0.5, 0.6) is 0 Å². The van der Waals surface area contributed by atoms with E-state index in [9.17, 15) is 9.35 Å². The molecule has 130 valence electrons. The molecular weight excluding hydrogens is 312 g/mol. The molecule has 0 heterocycles. The molecule has 0 aliphatic heterocycles. The van der Waals surface area contributed by atoms with E-state index in [-0.39, 0.29) is 16.8 Å². The third-order valence-electron chi connectivity index (χ3n) is 3.25. The minimum absolute atomic E-state index is 0.140. The summed E-state index contributed by atoms with van der Waals surface area (Å²) in [4.78, 5) is 12.2. The monoisotopic (exact) mass is 340 g/mol. The Bertz CT molecular complexity index is 529. The summed E-state index contributed by atoms with van der Waals surface area (Å²) in [7, 11) is 0. The smallest absolute Gasteiger partial charge is 0.340 e. The van der Waals surface area contributed by atoms with Crippen molar-refractivity contribution >= 4 is 23.0 Å². The second kappa shape index (κ2) is 8.57. The summed E-state index contributed by atoms with van der Waals surface area (Å²) in [6.07, 6.45) is 0. The molecule has 1 aromatic carbocycles. The zero-order valence-electron chi connectivity index (χ0n) is 14.9. The van der Waals surface area contributed by atoms with Gasteiger partial charge in [0.05, 0.1) is 18.2 Å². The molecule has 5 nitrogen and oxygen atoms in total. The summed E-state index contributed by atoms with van der Waals surface area (Å²) in [6.45, 7) is 12.5. The largest absolute Gasteiger partial charge is 0.598 e. The van der Waals surface area contributed by atoms with E-state index in [0.29, 0.717) is 18.7 Å². The SMILES string of the molecule is CCNc1ccc([C@@H](C)N[S+]([O-])C(C)(C)C)cc1C(=O)OCC. The van der Waals surface area contributed by atoms with Gasteiger partial charge in [-0.25, -0.2) is 4.79 Å². The van der Waals surface area contributed by atoms with Crippen molar-refractivity contribution in [3.8, 4) is 0 Å². The highest BCUT2D eigenvalue weighted by molar-refractivity contribution is 7.90. The molecule has 2 N–H and O–H groups in total. The zero-order valence-corrected chi connectivity index (χ0v) is 15.7. The van der Waals surface area contributed by atoms with Crippen LogP contribution in [0.3, 0.4) is 0 Å². The minimum atomic E-state index is -1.18. The maximum absolute atomic E-state index is 12.2. The number of ether oxygens (including phenoxy) is 1. The molecule has 0 fully saturated rings. The number of nitrogens with one attached hydrogen (secondary N) is 2. The standard InChI is InChI=1S/C17H28N2O3S/c1-7-18-15-10-9-13(11-14(15)16(20)22-8-2)12(3)19-23(21)17(4,5)6/h9-12,18-19H,7-8H2,1-6H3/t12-,23?/m1/s1. The van der Waals surface area contributed by atoms with Crippen LogP contribution in [0.25, 0.3) is 0 Å². The molecule has 0 aromatic heterocycles. The number of benzene rings is 1. The van der Waals surface area contributed by atoms with Crippen LogP contribution in [0, 0.1) is 0 Å². The number of esters is 1. The molecule has 1 unspecified atom stereocenters. The molecule has 23 heavy (non-hydrogen) atoms. The Hall–Kier alpha value is -1.24. The van der Waals surface area contributed by atoms with E-state index < -0.39 is 11.4 Å². The quantitative estimate of drug-likeness (QED) is 0.588. The minimum Gasteiger partial charge on any atom is -0.598 e. The first-order chi connectivity index (χ1) is 10.7. The summed E-state index contributed by atoms with van der Waals surface area (Å²) in [5.74, 6) is -0.352. The van der Waals surface area contributed by atoms with Crippen LogP contribution in [0.1, 0.15) is 63.5 Å². The van der Waals surface area contributed by atoms with Crippen LogP contribution in [-0.2, 0) is 16.1 Å². The van der Waals surface area contributed by atoms with Crippen molar-refractivity contribution in [2.75, 3.05) is 18.5 Å². The van der Waals surface area contributed by atoms with E-state index in [2.05, 4.69) is 10.0 Å². The highest BCUT2D eigenvalue weighted by Gasteiger charge is 2.28. The van der Waals surface area contributed by atoms with Crippen molar-refractivity contribution in [3.05, 3.63) is 29.3 Å². The second-order valence-corrected chi connectivity index (χ2v) is 8.27. The van der Waals surface area contributed by atoms with E-state index in [4.69, 9.17) is 4.74 Å². The number of hydrogen-bond acceptors (Lipinski definition) is 5. The van der Waals surface area contributed by atoms with Crippen LogP contribution in [0.15, 0.2) is 18.2 Å². The van der Waals surface area contributed by atoms with Gasteiger partial charge in [-0.1, -0.05) is 6.07 Å². The molecule has 6 heteroatoms. The van der Waals surface area contributed by atoms with Gasteiger partial charge in [0.2, 0.25) is 0 Å². The Morgan fingerprint density at radius 3 is 2.52 bits per heavy atom. The number of anilines is 1. The van der Waals surface area contributed by atoms with Gasteiger partial charge in [0, 0.05) is 23.6 Å². The summed E-state index contributed by atoms with van der Waals surface area (Å²) < 4.78 is 20.1. The first-order valence-corrected chi connectivity index (χ1v) is 9.08. The van der Waals surface area contributed by atoms with E-state index in [1.165, 1.54) is 0 Å². The fraction of sp³-hybridized carbons (Fsp3) is 0.588. The average molecular weight is 340 g/mol. The van der Waals surface area contributed by atoms with Gasteiger partial charge in [-0.15, -0.1) is 4.72 Å². The Morgan fingerprint density at radius 2 is 2.00 bits per heavy atom. The molecule has 1 rings (SSSR count). The molecule has 2 atom stereocenters. The van der Waals surface area contributed by atoms with Crippen molar-refractivity contribution in [1.29, 1.82) is 0 Å². The number of carbonyl (C=O) groups is 1. The first-order valence-electron chi connectivity index (χ1n) is 7.93. The molecule has 0 amide bonds. The van der Waals surface area contributed by atoms with Gasteiger partial charge in [0.1, 0.15) is 4.75 Å². The van der Waals surface area contributed by atoms with Gasteiger partial charge in [-0.2, -0.15) is 0 Å². The molecule has 0 radical (unpaired) electrons. The summed E-state index contributed by atoms with van der Waals surface area (Å²) in [5.41, 5.74) is 2.15. The number of carbonyl (C=O) groups excluding carboxylic acids is 1. The average Bonchev–Trinajstić information content (AvgIpc) is 2.47. The Balaban J connectivity index is 3.03. The molecule has 0 saturated heterocycles. The van der Waals surface area contributed by atoms with Crippen molar-refractivity contribution in [3.63, 3.8) is 0 Å². The Labute approximate surface area is 142 Å². The summed E-state index contributed by atoms with van der Waals surface area (Å²) in [5, 5.41) is 3.17. The van der Waals surface area contributed by atoms with Crippen molar-refractivity contribution in [2.24, 2.45) is 0 Å². The normalized spacial score (nSPS) is 14.2. The molecule has 0 saturated carbocycles. The first kappa shape index (κ1) is 19.8. The predicted octanol–water partition coefficient (Wildman–Crippen LogP) is 3.41. The highest BCUT2D eigenvalue weighted by Crippen LogP contribution is 2.24. The van der Waals surface area contributed by atoms with Crippen LogP contribution in [0.2, 0.25) is 0 Å². The highest BCUT2D eigenvalue weighted by atomic mass is 32.2. The van der Waals surface area contributed by atoms with E-state index in [1.54, 1.807) is 13.0 Å². The van der Waals surface area contributed by atoms with E-state index >= 15 is 0 Å². The van der Waals surface area contributed by atoms with Crippen LogP contribution in [-0.4, -0.2) is 28.4 Å². The summed E-state index contributed by atoms with van der Waals surface area (Å²) in [6, 6.07) is 5.45. The Kier molecular flexibility index (Phi) is 7.38. The van der Waals surface area contributed by atoms with Crippen molar-refractivity contribution < 1.29 is 14.1 Å². The predicted molar refractivity (Wildman–Crippen MR) is 96.0 cm³/mol. The van der Waals surface area contributed by atoms with Gasteiger partial charge < -0.3 is 14.6 Å². The molecule has 0 aliphatic rings. The lowest BCUT2D eigenvalue weighted by molar-refractivity contribution is 0.0527. The third-order valence-corrected chi connectivity index (χ3v) is 4.93.